The number of hydrogen-bond acceptors (Lipinski definition) is 4. The molecule has 0 aliphatic carbocycles. The first kappa shape index (κ1) is 19.6. The standard InChI is InChI=1S/C20H27BN2O4/c1-13-18(14(2)23(22-13)15-10-8-7-9-11-15)16(12-17(24)25)21-26-19(3,4)20(5,6)27-21/h7-11,16H,12H2,1-6H3,(H,24,25). The molecule has 0 bridgehead atoms. The zero-order valence-corrected chi connectivity index (χ0v) is 16.8. The Kier molecular flexibility index (Phi) is 4.95. The third-order valence-corrected chi connectivity index (χ3v) is 5.71. The molecule has 1 atom stereocenters. The summed E-state index contributed by atoms with van der Waals surface area (Å²) in [5.41, 5.74) is 2.46. The quantitative estimate of drug-likeness (QED) is 0.813. The summed E-state index contributed by atoms with van der Waals surface area (Å²) in [6.07, 6.45) is -0.0843. The van der Waals surface area contributed by atoms with E-state index in [1.807, 2.05) is 76.6 Å². The SMILES string of the molecule is Cc1nn(-c2ccccc2)c(C)c1C(CC(=O)O)B1OC(C)(C)C(C)(C)O1. The zero-order chi connectivity index (χ0) is 20.0. The third-order valence-electron chi connectivity index (χ3n) is 5.71. The van der Waals surface area contributed by atoms with Crippen LogP contribution in [0.4, 0.5) is 0 Å². The number of carboxylic acid groups (broad SMARTS) is 1. The fraction of sp³-hybridized carbons (Fsp3) is 0.500. The van der Waals surface area contributed by atoms with Crippen molar-refractivity contribution in [3.63, 3.8) is 0 Å². The van der Waals surface area contributed by atoms with E-state index in [4.69, 9.17) is 9.31 Å². The van der Waals surface area contributed by atoms with Gasteiger partial charge in [-0.3, -0.25) is 4.79 Å². The minimum atomic E-state index is -0.888. The smallest absolute Gasteiger partial charge is 0.466 e. The van der Waals surface area contributed by atoms with Crippen molar-refractivity contribution in [2.45, 2.75) is 65.0 Å². The van der Waals surface area contributed by atoms with Gasteiger partial charge in [0.1, 0.15) is 0 Å². The first-order valence-electron chi connectivity index (χ1n) is 9.22. The average Bonchev–Trinajstić information content (AvgIpc) is 2.98. The number of nitrogens with zero attached hydrogens (tertiary/aromatic N) is 2. The van der Waals surface area contributed by atoms with Gasteiger partial charge in [0.2, 0.25) is 0 Å². The van der Waals surface area contributed by atoms with Crippen molar-refractivity contribution in [2.75, 3.05) is 0 Å². The van der Waals surface area contributed by atoms with Crippen LogP contribution in [0.2, 0.25) is 0 Å². The van der Waals surface area contributed by atoms with Crippen LogP contribution in [0.1, 0.15) is 56.9 Å². The Balaban J connectivity index is 2.05. The van der Waals surface area contributed by atoms with Crippen LogP contribution in [-0.2, 0) is 14.1 Å². The normalized spacial score (nSPS) is 19.3. The first-order valence-corrected chi connectivity index (χ1v) is 9.22. The molecule has 0 saturated carbocycles. The number of aryl methyl sites for hydroxylation is 1. The lowest BCUT2D eigenvalue weighted by atomic mass is 9.65. The molecule has 0 spiro atoms. The van der Waals surface area contributed by atoms with Crippen LogP contribution in [0.15, 0.2) is 30.3 Å². The highest BCUT2D eigenvalue weighted by Crippen LogP contribution is 2.43. The topological polar surface area (TPSA) is 73.6 Å². The predicted molar refractivity (Wildman–Crippen MR) is 104 cm³/mol. The summed E-state index contributed by atoms with van der Waals surface area (Å²) in [4.78, 5) is 11.6. The van der Waals surface area contributed by atoms with E-state index in [0.717, 1.165) is 22.6 Å². The van der Waals surface area contributed by atoms with Crippen LogP contribution in [-0.4, -0.2) is 39.2 Å². The molecule has 2 heterocycles. The molecular weight excluding hydrogens is 343 g/mol. The number of benzene rings is 1. The van der Waals surface area contributed by atoms with Crippen molar-refractivity contribution in [3.05, 3.63) is 47.3 Å². The monoisotopic (exact) mass is 370 g/mol. The number of carbonyl (C=O) groups is 1. The van der Waals surface area contributed by atoms with Gasteiger partial charge < -0.3 is 14.4 Å². The van der Waals surface area contributed by atoms with Gasteiger partial charge in [0.25, 0.3) is 0 Å². The number of aliphatic carboxylic acids is 1. The van der Waals surface area contributed by atoms with E-state index < -0.39 is 30.1 Å². The molecule has 1 aliphatic heterocycles. The molecule has 1 aromatic heterocycles. The molecule has 144 valence electrons. The van der Waals surface area contributed by atoms with Crippen LogP contribution in [0, 0.1) is 13.8 Å². The number of rotatable bonds is 5. The summed E-state index contributed by atoms with van der Waals surface area (Å²) in [7, 11) is -0.642. The maximum Gasteiger partial charge on any atom is 0.466 e. The number of hydrogen-bond donors (Lipinski definition) is 1. The van der Waals surface area contributed by atoms with E-state index in [-0.39, 0.29) is 6.42 Å². The van der Waals surface area contributed by atoms with Crippen LogP contribution in [0.25, 0.3) is 5.69 Å². The summed E-state index contributed by atoms with van der Waals surface area (Å²) in [6, 6.07) is 9.81. The molecule has 27 heavy (non-hydrogen) atoms. The average molecular weight is 370 g/mol. The molecule has 7 heteroatoms. The van der Waals surface area contributed by atoms with E-state index in [2.05, 4.69) is 5.10 Å². The van der Waals surface area contributed by atoms with Gasteiger partial charge in [0.15, 0.2) is 0 Å². The van der Waals surface area contributed by atoms with Gasteiger partial charge in [0, 0.05) is 11.5 Å². The van der Waals surface area contributed by atoms with Crippen molar-refractivity contribution in [1.82, 2.24) is 9.78 Å². The second kappa shape index (κ2) is 6.80. The largest absolute Gasteiger partial charge is 0.481 e. The molecule has 1 saturated heterocycles. The first-order chi connectivity index (χ1) is 12.5. The molecular formula is C20H27BN2O4. The second-order valence-electron chi connectivity index (χ2n) is 8.16. The van der Waals surface area contributed by atoms with Gasteiger partial charge in [-0.25, -0.2) is 4.68 Å². The summed E-state index contributed by atoms with van der Waals surface area (Å²) in [5.74, 6) is -1.33. The van der Waals surface area contributed by atoms with Crippen LogP contribution >= 0.6 is 0 Å². The Morgan fingerprint density at radius 1 is 1.15 bits per heavy atom. The molecule has 1 N–H and O–H groups in total. The summed E-state index contributed by atoms with van der Waals surface area (Å²) in [6.45, 7) is 11.7. The van der Waals surface area contributed by atoms with Crippen LogP contribution in [0.5, 0.6) is 0 Å². The van der Waals surface area contributed by atoms with E-state index in [9.17, 15) is 9.90 Å². The summed E-state index contributed by atoms with van der Waals surface area (Å²) < 4.78 is 14.2. The molecule has 0 amide bonds. The highest BCUT2D eigenvalue weighted by Gasteiger charge is 2.55. The van der Waals surface area contributed by atoms with Crippen LogP contribution < -0.4 is 0 Å². The molecule has 1 unspecified atom stereocenters. The second-order valence-corrected chi connectivity index (χ2v) is 8.16. The maximum atomic E-state index is 11.6. The lowest BCUT2D eigenvalue weighted by Crippen LogP contribution is -2.41. The Morgan fingerprint density at radius 3 is 2.22 bits per heavy atom. The Morgan fingerprint density at radius 2 is 1.70 bits per heavy atom. The van der Waals surface area contributed by atoms with Gasteiger partial charge in [0.05, 0.1) is 29.0 Å². The lowest BCUT2D eigenvalue weighted by molar-refractivity contribution is -0.137. The molecule has 3 rings (SSSR count). The van der Waals surface area contributed by atoms with E-state index in [1.165, 1.54) is 0 Å². The molecule has 6 nitrogen and oxygen atoms in total. The zero-order valence-electron chi connectivity index (χ0n) is 16.8. The molecule has 1 aliphatic rings. The Bertz CT molecular complexity index is 829. The number of carboxylic acids is 1. The third kappa shape index (κ3) is 3.54. The van der Waals surface area contributed by atoms with E-state index in [0.29, 0.717) is 0 Å². The van der Waals surface area contributed by atoms with Gasteiger partial charge in [-0.05, 0) is 59.2 Å². The van der Waals surface area contributed by atoms with Gasteiger partial charge in [-0.1, -0.05) is 18.2 Å². The summed E-state index contributed by atoms with van der Waals surface area (Å²) in [5, 5.41) is 14.2. The van der Waals surface area contributed by atoms with E-state index in [1.54, 1.807) is 0 Å². The van der Waals surface area contributed by atoms with Gasteiger partial charge in [-0.2, -0.15) is 5.10 Å². The highest BCUT2D eigenvalue weighted by molar-refractivity contribution is 6.48. The minimum absolute atomic E-state index is 0.0843. The van der Waals surface area contributed by atoms with Crippen molar-refractivity contribution >= 4 is 13.1 Å². The van der Waals surface area contributed by atoms with Crippen molar-refractivity contribution in [2.24, 2.45) is 0 Å². The fourth-order valence-electron chi connectivity index (χ4n) is 3.59. The predicted octanol–water partition coefficient (Wildman–Crippen LogP) is 3.68. The van der Waals surface area contributed by atoms with Crippen molar-refractivity contribution in [3.8, 4) is 5.69 Å². The van der Waals surface area contributed by atoms with Crippen molar-refractivity contribution in [1.29, 1.82) is 0 Å². The van der Waals surface area contributed by atoms with Crippen LogP contribution in [0.3, 0.4) is 0 Å². The van der Waals surface area contributed by atoms with Gasteiger partial charge in [-0.15, -0.1) is 0 Å². The maximum absolute atomic E-state index is 11.6. The van der Waals surface area contributed by atoms with Crippen molar-refractivity contribution < 1.29 is 19.2 Å². The number of para-hydroxylation sites is 1. The molecule has 1 fully saturated rings. The lowest BCUT2D eigenvalue weighted by Gasteiger charge is -2.32. The van der Waals surface area contributed by atoms with E-state index >= 15 is 0 Å². The molecule has 0 radical (unpaired) electrons. The molecule has 2 aromatic rings. The Labute approximate surface area is 160 Å². The van der Waals surface area contributed by atoms with Gasteiger partial charge >= 0.3 is 13.1 Å². The number of aromatic nitrogens is 2. The summed E-state index contributed by atoms with van der Waals surface area (Å²) >= 11 is 0. The highest BCUT2D eigenvalue weighted by atomic mass is 16.7. The minimum Gasteiger partial charge on any atom is -0.481 e. The molecule has 1 aromatic carbocycles. The fourth-order valence-corrected chi connectivity index (χ4v) is 3.59. The Hall–Kier alpha value is -2.12.